The topological polar surface area (TPSA) is 103 Å². The number of anilines is 1. The van der Waals surface area contributed by atoms with E-state index in [1.165, 1.54) is 21.9 Å². The molecule has 0 bridgehead atoms. The van der Waals surface area contributed by atoms with Crippen LogP contribution in [0.5, 0.6) is 0 Å². The maximum absolute atomic E-state index is 12.9. The number of benzene rings is 3. The lowest BCUT2D eigenvalue weighted by Crippen LogP contribution is -2.17. The van der Waals surface area contributed by atoms with Crippen molar-refractivity contribution in [3.63, 3.8) is 0 Å². The summed E-state index contributed by atoms with van der Waals surface area (Å²) in [5.41, 5.74) is 1.31. The number of ether oxygens (including phenoxy) is 1. The summed E-state index contributed by atoms with van der Waals surface area (Å²) in [5.74, 6) is -0.864. The highest BCUT2D eigenvalue weighted by Gasteiger charge is 2.14. The van der Waals surface area contributed by atoms with E-state index in [9.17, 15) is 14.4 Å². The predicted molar refractivity (Wildman–Crippen MR) is 139 cm³/mol. The van der Waals surface area contributed by atoms with Gasteiger partial charge in [0.25, 0.3) is 11.5 Å². The lowest BCUT2D eigenvalue weighted by Gasteiger charge is -2.10. The lowest BCUT2D eigenvalue weighted by molar-refractivity contribution is 0.0467. The quantitative estimate of drug-likeness (QED) is 0.321. The van der Waals surface area contributed by atoms with E-state index in [0.29, 0.717) is 21.9 Å². The van der Waals surface area contributed by atoms with Crippen molar-refractivity contribution in [1.82, 2.24) is 14.6 Å². The fourth-order valence-corrected chi connectivity index (χ4v) is 4.87. The minimum absolute atomic E-state index is 0.155. The summed E-state index contributed by atoms with van der Waals surface area (Å²) < 4.78 is 6.66. The highest BCUT2D eigenvalue weighted by atomic mass is 32.1. The summed E-state index contributed by atoms with van der Waals surface area (Å²) in [4.78, 5) is 42.9. The van der Waals surface area contributed by atoms with Crippen molar-refractivity contribution in [3.05, 3.63) is 105 Å². The van der Waals surface area contributed by atoms with Crippen LogP contribution in [0.1, 0.15) is 44.8 Å². The minimum atomic E-state index is -0.589. The summed E-state index contributed by atoms with van der Waals surface area (Å²) in [6.45, 7) is 1.88. The zero-order valence-electron chi connectivity index (χ0n) is 19.4. The number of esters is 1. The number of hydrogen-bond acceptors (Lipinski definition) is 7. The van der Waals surface area contributed by atoms with Crippen LogP contribution in [0.2, 0.25) is 0 Å². The molecule has 180 valence electrons. The van der Waals surface area contributed by atoms with Gasteiger partial charge in [0, 0.05) is 23.7 Å². The molecule has 0 aliphatic carbocycles. The molecule has 0 saturated carbocycles. The Hall–Kier alpha value is -4.37. The molecule has 8 nitrogen and oxygen atoms in total. The Morgan fingerprint density at radius 2 is 1.83 bits per heavy atom. The molecule has 0 unspecified atom stereocenters. The fourth-order valence-electron chi connectivity index (χ4n) is 3.85. The molecule has 0 aliphatic rings. The first-order valence-corrected chi connectivity index (χ1v) is 12.3. The number of amides is 1. The fraction of sp³-hybridized carbons (Fsp3) is 0.148. The van der Waals surface area contributed by atoms with Crippen molar-refractivity contribution in [3.8, 4) is 0 Å². The van der Waals surface area contributed by atoms with E-state index in [4.69, 9.17) is 4.74 Å². The SMILES string of the molecule is CCCc1nn2c(=O)cc(COC(=O)c3cccc(NC(=O)c4cccc5ccccc45)c3)nc2s1. The van der Waals surface area contributed by atoms with Gasteiger partial charge < -0.3 is 10.1 Å². The number of nitrogens with zero attached hydrogens (tertiary/aromatic N) is 3. The van der Waals surface area contributed by atoms with Crippen molar-refractivity contribution in [2.24, 2.45) is 0 Å². The number of rotatable bonds is 7. The first-order valence-electron chi connectivity index (χ1n) is 11.5. The zero-order valence-corrected chi connectivity index (χ0v) is 20.2. The highest BCUT2D eigenvalue weighted by molar-refractivity contribution is 7.16. The normalized spacial score (nSPS) is 11.0. The average molecular weight is 499 g/mol. The molecule has 0 fully saturated rings. The van der Waals surface area contributed by atoms with Crippen molar-refractivity contribution in [2.45, 2.75) is 26.4 Å². The number of nitrogens with one attached hydrogen (secondary N) is 1. The van der Waals surface area contributed by atoms with Crippen molar-refractivity contribution in [1.29, 1.82) is 0 Å². The minimum Gasteiger partial charge on any atom is -0.456 e. The van der Waals surface area contributed by atoms with Crippen LogP contribution in [-0.4, -0.2) is 26.5 Å². The molecule has 0 aliphatic heterocycles. The van der Waals surface area contributed by atoms with Gasteiger partial charge >= 0.3 is 5.97 Å². The summed E-state index contributed by atoms with van der Waals surface area (Å²) in [5, 5.41) is 9.77. The average Bonchev–Trinajstić information content (AvgIpc) is 3.30. The highest BCUT2D eigenvalue weighted by Crippen LogP contribution is 2.21. The van der Waals surface area contributed by atoms with Gasteiger partial charge in [-0.15, -0.1) is 0 Å². The molecule has 9 heteroatoms. The molecule has 2 aromatic heterocycles. The number of fused-ring (bicyclic) bond motifs is 2. The van der Waals surface area contributed by atoms with Crippen LogP contribution in [0.3, 0.4) is 0 Å². The Morgan fingerprint density at radius 1 is 1.03 bits per heavy atom. The van der Waals surface area contributed by atoms with E-state index < -0.39 is 5.97 Å². The van der Waals surface area contributed by atoms with Crippen LogP contribution in [0.25, 0.3) is 15.7 Å². The van der Waals surface area contributed by atoms with Gasteiger partial charge in [0.1, 0.15) is 11.6 Å². The molecule has 5 aromatic rings. The van der Waals surface area contributed by atoms with Gasteiger partial charge in [-0.1, -0.05) is 60.7 Å². The van der Waals surface area contributed by atoms with Crippen LogP contribution >= 0.6 is 11.3 Å². The van der Waals surface area contributed by atoms with E-state index in [2.05, 4.69) is 15.4 Å². The third kappa shape index (κ3) is 4.87. The maximum Gasteiger partial charge on any atom is 0.338 e. The van der Waals surface area contributed by atoms with E-state index in [1.54, 1.807) is 30.3 Å². The standard InChI is InChI=1S/C27H22N4O4S/c1-2-7-23-30-31-24(32)15-20(29-27(31)36-23)16-35-26(34)18-10-5-11-19(14-18)28-25(33)22-13-6-9-17-8-3-4-12-21(17)22/h3-6,8-15H,2,7,16H2,1H3,(H,28,33). The van der Waals surface area contributed by atoms with Crippen molar-refractivity contribution in [2.75, 3.05) is 5.32 Å². The molecule has 5 rings (SSSR count). The van der Waals surface area contributed by atoms with Gasteiger partial charge in [-0.05, 0) is 41.5 Å². The molecule has 1 amide bonds. The smallest absolute Gasteiger partial charge is 0.338 e. The molecule has 1 N–H and O–H groups in total. The van der Waals surface area contributed by atoms with Gasteiger partial charge in [0.05, 0.1) is 11.3 Å². The Bertz CT molecular complexity index is 1650. The van der Waals surface area contributed by atoms with Crippen LogP contribution in [0.15, 0.2) is 77.6 Å². The number of aryl methyl sites for hydroxylation is 1. The molecule has 3 aromatic carbocycles. The molecule has 2 heterocycles. The van der Waals surface area contributed by atoms with E-state index in [0.717, 1.165) is 28.6 Å². The molecule has 0 saturated heterocycles. The monoisotopic (exact) mass is 498 g/mol. The maximum atomic E-state index is 12.9. The van der Waals surface area contributed by atoms with Crippen molar-refractivity contribution >= 4 is 44.6 Å². The number of hydrogen-bond donors (Lipinski definition) is 1. The van der Waals surface area contributed by atoms with Gasteiger partial charge in [-0.2, -0.15) is 9.61 Å². The van der Waals surface area contributed by atoms with E-state index in [1.807, 2.05) is 43.3 Å². The van der Waals surface area contributed by atoms with Crippen LogP contribution in [0.4, 0.5) is 5.69 Å². The second-order valence-electron chi connectivity index (χ2n) is 8.16. The summed E-state index contributed by atoms with van der Waals surface area (Å²) in [7, 11) is 0. The molecule has 36 heavy (non-hydrogen) atoms. The predicted octanol–water partition coefficient (Wildman–Crippen LogP) is 4.87. The first kappa shape index (κ1) is 23.4. The van der Waals surface area contributed by atoms with Gasteiger partial charge in [-0.3, -0.25) is 9.59 Å². The molecule has 0 spiro atoms. The Morgan fingerprint density at radius 3 is 2.69 bits per heavy atom. The van der Waals surface area contributed by atoms with Crippen LogP contribution in [-0.2, 0) is 17.8 Å². The first-order chi connectivity index (χ1) is 17.5. The number of carbonyl (C=O) groups excluding carboxylic acids is 2. The van der Waals surface area contributed by atoms with E-state index in [-0.39, 0.29) is 23.6 Å². The van der Waals surface area contributed by atoms with Crippen LogP contribution in [0, 0.1) is 0 Å². The van der Waals surface area contributed by atoms with Gasteiger partial charge in [0.15, 0.2) is 0 Å². The van der Waals surface area contributed by atoms with Crippen LogP contribution < -0.4 is 10.9 Å². The summed E-state index contributed by atoms with van der Waals surface area (Å²) in [6, 6.07) is 21.0. The van der Waals surface area contributed by atoms with E-state index >= 15 is 0 Å². The van der Waals surface area contributed by atoms with Crippen molar-refractivity contribution < 1.29 is 14.3 Å². The Kier molecular flexibility index (Phi) is 6.55. The third-order valence-corrected chi connectivity index (χ3v) is 6.51. The number of carbonyl (C=O) groups is 2. The summed E-state index contributed by atoms with van der Waals surface area (Å²) in [6.07, 6.45) is 1.69. The molecular weight excluding hydrogens is 476 g/mol. The van der Waals surface area contributed by atoms with Gasteiger partial charge in [0.2, 0.25) is 4.96 Å². The third-order valence-electron chi connectivity index (χ3n) is 5.55. The molecular formula is C27H22N4O4S. The Labute approximate surface area is 210 Å². The lowest BCUT2D eigenvalue weighted by atomic mass is 10.0. The second-order valence-corrected chi connectivity index (χ2v) is 9.20. The zero-order chi connectivity index (χ0) is 25.1. The molecule has 0 radical (unpaired) electrons. The second kappa shape index (κ2) is 10.1. The number of aromatic nitrogens is 3. The summed E-state index contributed by atoms with van der Waals surface area (Å²) >= 11 is 1.35. The molecule has 0 atom stereocenters. The Balaban J connectivity index is 1.29. The largest absolute Gasteiger partial charge is 0.456 e. The van der Waals surface area contributed by atoms with Gasteiger partial charge in [-0.25, -0.2) is 9.78 Å².